The lowest BCUT2D eigenvalue weighted by Gasteiger charge is -2.10. The monoisotopic (exact) mass is 434 g/mol. The third-order valence-electron chi connectivity index (χ3n) is 4.11. The molecule has 0 aliphatic carbocycles. The topological polar surface area (TPSA) is 69.0 Å². The van der Waals surface area contributed by atoms with Crippen LogP contribution in [-0.2, 0) is 17.9 Å². The van der Waals surface area contributed by atoms with E-state index < -0.39 is 5.82 Å². The molecule has 29 heavy (non-hydrogen) atoms. The van der Waals surface area contributed by atoms with Gasteiger partial charge in [-0.05, 0) is 43.7 Å². The summed E-state index contributed by atoms with van der Waals surface area (Å²) < 4.78 is 21.0. The Hall–Kier alpha value is -2.58. The van der Waals surface area contributed by atoms with Gasteiger partial charge in [0.05, 0.1) is 10.8 Å². The molecule has 1 amide bonds. The van der Waals surface area contributed by atoms with Crippen LogP contribution in [0.2, 0.25) is 5.02 Å². The molecule has 0 aliphatic rings. The van der Waals surface area contributed by atoms with Gasteiger partial charge in [-0.15, -0.1) is 10.2 Å². The number of hydrogen-bond donors (Lipinski definition) is 1. The van der Waals surface area contributed by atoms with Crippen LogP contribution >= 0.6 is 23.4 Å². The van der Waals surface area contributed by atoms with Crippen molar-refractivity contribution < 1.29 is 13.9 Å². The van der Waals surface area contributed by atoms with Crippen molar-refractivity contribution in [2.45, 2.75) is 32.2 Å². The molecule has 152 valence electrons. The molecule has 6 nitrogen and oxygen atoms in total. The fourth-order valence-electron chi connectivity index (χ4n) is 2.60. The van der Waals surface area contributed by atoms with Crippen molar-refractivity contribution in [3.63, 3.8) is 0 Å². The first-order valence-electron chi connectivity index (χ1n) is 8.96. The van der Waals surface area contributed by atoms with Gasteiger partial charge >= 0.3 is 0 Å². The summed E-state index contributed by atoms with van der Waals surface area (Å²) in [6, 6.07) is 11.5. The molecule has 0 unspecified atom stereocenters. The van der Waals surface area contributed by atoms with E-state index in [2.05, 4.69) is 15.5 Å². The predicted molar refractivity (Wildman–Crippen MR) is 112 cm³/mol. The minimum absolute atomic E-state index is 0.124. The number of nitrogens with zero attached hydrogens (tertiary/aromatic N) is 3. The molecular formula is C20H20ClFN4O2S. The predicted octanol–water partition coefficient (Wildman–Crippen LogP) is 4.71. The minimum atomic E-state index is -0.396. The summed E-state index contributed by atoms with van der Waals surface area (Å²) >= 11 is 7.36. The van der Waals surface area contributed by atoms with E-state index in [-0.39, 0.29) is 18.3 Å². The van der Waals surface area contributed by atoms with Crippen LogP contribution in [0.25, 0.3) is 0 Å². The lowest BCUT2D eigenvalue weighted by molar-refractivity contribution is -0.113. The molecule has 1 aromatic heterocycles. The van der Waals surface area contributed by atoms with Gasteiger partial charge in [-0.3, -0.25) is 4.79 Å². The number of ether oxygens (including phenoxy) is 1. The number of hydrogen-bond acceptors (Lipinski definition) is 5. The van der Waals surface area contributed by atoms with Gasteiger partial charge in [-0.25, -0.2) is 4.39 Å². The summed E-state index contributed by atoms with van der Waals surface area (Å²) in [6.07, 6.45) is 0. The van der Waals surface area contributed by atoms with Crippen molar-refractivity contribution in [2.24, 2.45) is 0 Å². The SMILES string of the molecule is CCn1c(COc2ccccc2Cl)nnc1SCC(=O)Nc1cc(F)ccc1C. The Kier molecular flexibility index (Phi) is 7.11. The molecule has 9 heteroatoms. The minimum Gasteiger partial charge on any atom is -0.484 e. The first-order chi connectivity index (χ1) is 14.0. The van der Waals surface area contributed by atoms with Crippen LogP contribution in [0.3, 0.4) is 0 Å². The Labute approximate surface area is 177 Å². The number of thioether (sulfide) groups is 1. The van der Waals surface area contributed by atoms with E-state index in [1.54, 1.807) is 25.1 Å². The fourth-order valence-corrected chi connectivity index (χ4v) is 3.61. The third-order valence-corrected chi connectivity index (χ3v) is 5.39. The van der Waals surface area contributed by atoms with E-state index in [9.17, 15) is 9.18 Å². The van der Waals surface area contributed by atoms with Crippen LogP contribution in [0.5, 0.6) is 5.75 Å². The fraction of sp³-hybridized carbons (Fsp3) is 0.250. The number of aryl methyl sites for hydroxylation is 1. The Morgan fingerprint density at radius 2 is 2.07 bits per heavy atom. The van der Waals surface area contributed by atoms with Crippen LogP contribution in [0.4, 0.5) is 10.1 Å². The van der Waals surface area contributed by atoms with Crippen LogP contribution in [0.15, 0.2) is 47.6 Å². The molecule has 0 bridgehead atoms. The number of aromatic nitrogens is 3. The number of amides is 1. The second-order valence-corrected chi connectivity index (χ2v) is 7.51. The maximum Gasteiger partial charge on any atom is 0.234 e. The van der Waals surface area contributed by atoms with E-state index in [4.69, 9.17) is 16.3 Å². The molecule has 0 aliphatic heterocycles. The van der Waals surface area contributed by atoms with Crippen molar-refractivity contribution in [2.75, 3.05) is 11.1 Å². The van der Waals surface area contributed by atoms with E-state index in [0.29, 0.717) is 34.0 Å². The molecule has 3 rings (SSSR count). The maximum atomic E-state index is 13.4. The number of halogens is 2. The van der Waals surface area contributed by atoms with Crippen LogP contribution in [-0.4, -0.2) is 26.4 Å². The van der Waals surface area contributed by atoms with E-state index in [0.717, 1.165) is 5.56 Å². The first-order valence-corrected chi connectivity index (χ1v) is 10.3. The standard InChI is InChI=1S/C20H20ClFN4O2S/c1-3-26-18(11-28-17-7-5-4-6-15(17)21)24-25-20(26)29-12-19(27)23-16-10-14(22)9-8-13(16)2/h4-10H,3,11-12H2,1-2H3,(H,23,27). The summed E-state index contributed by atoms with van der Waals surface area (Å²) in [5.74, 6) is 0.685. The Morgan fingerprint density at radius 3 is 2.83 bits per heavy atom. The summed E-state index contributed by atoms with van der Waals surface area (Å²) in [5.41, 5.74) is 1.25. The first kappa shape index (κ1) is 21.1. The molecule has 2 aromatic carbocycles. The van der Waals surface area contributed by atoms with Crippen molar-refractivity contribution in [3.05, 3.63) is 64.7 Å². The smallest absolute Gasteiger partial charge is 0.234 e. The van der Waals surface area contributed by atoms with Gasteiger partial charge in [0.1, 0.15) is 18.2 Å². The number of benzene rings is 2. The number of carbonyl (C=O) groups is 1. The molecule has 0 saturated heterocycles. The summed E-state index contributed by atoms with van der Waals surface area (Å²) in [7, 11) is 0. The average Bonchev–Trinajstić information content (AvgIpc) is 3.10. The molecule has 0 saturated carbocycles. The van der Waals surface area contributed by atoms with Gasteiger partial charge in [-0.1, -0.05) is 41.6 Å². The third kappa shape index (κ3) is 5.48. The van der Waals surface area contributed by atoms with Gasteiger partial charge in [0, 0.05) is 12.2 Å². The lowest BCUT2D eigenvalue weighted by Crippen LogP contribution is -2.15. The molecule has 0 spiro atoms. The zero-order valence-electron chi connectivity index (χ0n) is 16.0. The Balaban J connectivity index is 1.60. The lowest BCUT2D eigenvalue weighted by atomic mass is 10.2. The van der Waals surface area contributed by atoms with Gasteiger partial charge in [-0.2, -0.15) is 0 Å². The van der Waals surface area contributed by atoms with Gasteiger partial charge in [0.2, 0.25) is 5.91 Å². The van der Waals surface area contributed by atoms with E-state index in [1.807, 2.05) is 23.6 Å². The number of nitrogens with one attached hydrogen (secondary N) is 1. The Bertz CT molecular complexity index is 1010. The molecule has 0 radical (unpaired) electrons. The molecular weight excluding hydrogens is 415 g/mol. The van der Waals surface area contributed by atoms with E-state index >= 15 is 0 Å². The number of carbonyl (C=O) groups excluding carboxylic acids is 1. The van der Waals surface area contributed by atoms with Gasteiger partial charge < -0.3 is 14.6 Å². The van der Waals surface area contributed by atoms with Crippen molar-refractivity contribution in [1.29, 1.82) is 0 Å². The van der Waals surface area contributed by atoms with Gasteiger partial charge in [0.15, 0.2) is 11.0 Å². The van der Waals surface area contributed by atoms with Crippen molar-refractivity contribution in [1.82, 2.24) is 14.8 Å². The zero-order valence-corrected chi connectivity index (χ0v) is 17.6. The number of rotatable bonds is 8. The summed E-state index contributed by atoms with van der Waals surface area (Å²) in [5, 5.41) is 12.2. The Morgan fingerprint density at radius 1 is 1.28 bits per heavy atom. The normalized spacial score (nSPS) is 10.8. The highest BCUT2D eigenvalue weighted by atomic mass is 35.5. The summed E-state index contributed by atoms with van der Waals surface area (Å²) in [4.78, 5) is 12.3. The molecule has 3 aromatic rings. The van der Waals surface area contributed by atoms with E-state index in [1.165, 1.54) is 23.9 Å². The second kappa shape index (κ2) is 9.76. The number of anilines is 1. The highest BCUT2D eigenvalue weighted by Crippen LogP contribution is 2.25. The molecule has 0 fully saturated rings. The molecule has 0 atom stereocenters. The van der Waals surface area contributed by atoms with Crippen molar-refractivity contribution >= 4 is 35.0 Å². The maximum absolute atomic E-state index is 13.4. The highest BCUT2D eigenvalue weighted by molar-refractivity contribution is 7.99. The number of para-hydroxylation sites is 1. The van der Waals surface area contributed by atoms with Crippen LogP contribution in [0.1, 0.15) is 18.3 Å². The second-order valence-electron chi connectivity index (χ2n) is 6.16. The van der Waals surface area contributed by atoms with Crippen LogP contribution < -0.4 is 10.1 Å². The zero-order chi connectivity index (χ0) is 20.8. The molecule has 1 N–H and O–H groups in total. The molecule has 1 heterocycles. The largest absolute Gasteiger partial charge is 0.484 e. The highest BCUT2D eigenvalue weighted by Gasteiger charge is 2.15. The van der Waals surface area contributed by atoms with Crippen molar-refractivity contribution in [3.8, 4) is 5.75 Å². The van der Waals surface area contributed by atoms with Gasteiger partial charge in [0.25, 0.3) is 0 Å². The van der Waals surface area contributed by atoms with Crippen LogP contribution in [0, 0.1) is 12.7 Å². The summed E-state index contributed by atoms with van der Waals surface area (Å²) in [6.45, 7) is 4.60. The quantitative estimate of drug-likeness (QED) is 0.520. The average molecular weight is 435 g/mol.